The molecule has 1 heterocycles. The van der Waals surface area contributed by atoms with Crippen LogP contribution in [0.4, 0.5) is 4.39 Å². The summed E-state index contributed by atoms with van der Waals surface area (Å²) in [5.41, 5.74) is -4.72. The van der Waals surface area contributed by atoms with Gasteiger partial charge >= 0.3 is 5.97 Å². The van der Waals surface area contributed by atoms with Gasteiger partial charge in [0, 0.05) is 36.5 Å². The van der Waals surface area contributed by atoms with E-state index in [0.717, 1.165) is 12.8 Å². The van der Waals surface area contributed by atoms with Gasteiger partial charge in [0.1, 0.15) is 0 Å². The number of alkyl halides is 1. The van der Waals surface area contributed by atoms with Gasteiger partial charge in [0.25, 0.3) is 0 Å². The number of allylic oxidation sites excluding steroid dienone is 4. The Morgan fingerprint density at radius 3 is 2.64 bits per heavy atom. The number of carbonyl (C=O) groups excluding carboxylic acids is 3. The van der Waals surface area contributed by atoms with E-state index in [9.17, 15) is 19.5 Å². The highest BCUT2D eigenvalue weighted by atomic mass is 19.1. The molecule has 0 amide bonds. The van der Waals surface area contributed by atoms with Crippen molar-refractivity contribution in [3.05, 3.63) is 23.8 Å². The number of fused-ring (bicyclic) bond motifs is 7. The zero-order chi connectivity index (χ0) is 25.7. The highest BCUT2D eigenvalue weighted by Gasteiger charge is 2.80. The van der Waals surface area contributed by atoms with Crippen molar-refractivity contribution >= 4 is 17.5 Å². The summed E-state index contributed by atoms with van der Waals surface area (Å²) in [7, 11) is 0. The second-order valence-electron chi connectivity index (χ2n) is 12.3. The minimum Gasteiger partial charge on any atom is -0.458 e. The van der Waals surface area contributed by atoms with E-state index in [4.69, 9.17) is 14.2 Å². The molecule has 1 spiro atoms. The number of esters is 1. The van der Waals surface area contributed by atoms with E-state index in [1.54, 1.807) is 13.0 Å². The standard InChI is InChI=1S/C28H35FO7/c1-16(30)34-15-22(33)28-23(35-26(36-28)9-4-5-10-26)13-20-19-7-6-17-12-18(31)8-11-24(17,2)27(19,29)21(32)14-25(20,28)3/h8,11-12,19-21,23,32H,4-7,9-10,13-15H2,1-3H3/t19?,20?,21-,23+,24-,25-,27-,28+/m0/s1. The zero-order valence-electron chi connectivity index (χ0n) is 21.2. The lowest BCUT2D eigenvalue weighted by atomic mass is 9.44. The number of aliphatic hydroxyl groups excluding tert-OH is 1. The number of ether oxygens (including phenoxy) is 3. The van der Waals surface area contributed by atoms with Gasteiger partial charge in [-0.25, -0.2) is 4.39 Å². The molecule has 1 N–H and O–H groups in total. The van der Waals surface area contributed by atoms with Gasteiger partial charge in [-0.1, -0.05) is 18.6 Å². The molecule has 6 aliphatic rings. The van der Waals surface area contributed by atoms with E-state index in [1.165, 1.54) is 19.1 Å². The van der Waals surface area contributed by atoms with Crippen molar-refractivity contribution in [1.82, 2.24) is 0 Å². The minimum atomic E-state index is -2.00. The zero-order valence-corrected chi connectivity index (χ0v) is 21.2. The molecule has 0 radical (unpaired) electrons. The van der Waals surface area contributed by atoms with E-state index in [-0.39, 0.29) is 23.9 Å². The van der Waals surface area contributed by atoms with Crippen LogP contribution in [0, 0.1) is 22.7 Å². The molecule has 4 saturated carbocycles. The molecule has 0 bridgehead atoms. The Morgan fingerprint density at radius 2 is 1.94 bits per heavy atom. The van der Waals surface area contributed by atoms with Crippen molar-refractivity contribution in [2.45, 2.75) is 101 Å². The fraction of sp³-hybridized carbons (Fsp3) is 0.750. The topological polar surface area (TPSA) is 99.1 Å². The number of Topliss-reactive ketones (excluding diaryl/α,β-unsaturated/α-hetero) is 1. The van der Waals surface area contributed by atoms with Crippen LogP contribution in [0.5, 0.6) is 0 Å². The largest absolute Gasteiger partial charge is 0.458 e. The summed E-state index contributed by atoms with van der Waals surface area (Å²) in [5.74, 6) is -2.80. The van der Waals surface area contributed by atoms with Crippen molar-refractivity contribution in [3.8, 4) is 0 Å². The number of carbonyl (C=O) groups is 3. The third kappa shape index (κ3) is 2.81. The molecule has 5 fully saturated rings. The minimum absolute atomic E-state index is 0.0110. The fourth-order valence-electron chi connectivity index (χ4n) is 9.04. The summed E-state index contributed by atoms with van der Waals surface area (Å²) in [6.07, 6.45) is 7.23. The summed E-state index contributed by atoms with van der Waals surface area (Å²) in [6, 6.07) is 0. The van der Waals surface area contributed by atoms with Gasteiger partial charge in [0.15, 0.2) is 29.4 Å². The van der Waals surface area contributed by atoms with Crippen molar-refractivity contribution in [1.29, 1.82) is 0 Å². The van der Waals surface area contributed by atoms with Crippen molar-refractivity contribution in [2.24, 2.45) is 22.7 Å². The van der Waals surface area contributed by atoms with Gasteiger partial charge in [0.2, 0.25) is 5.78 Å². The monoisotopic (exact) mass is 502 g/mol. The molecule has 0 aromatic rings. The average Bonchev–Trinajstić information content (AvgIpc) is 3.47. The van der Waals surface area contributed by atoms with Crippen LogP contribution in [0.25, 0.3) is 0 Å². The lowest BCUT2D eigenvalue weighted by molar-refractivity contribution is -0.253. The van der Waals surface area contributed by atoms with Gasteiger partial charge in [-0.3, -0.25) is 14.4 Å². The Kier molecular flexibility index (Phi) is 5.14. The first-order valence-corrected chi connectivity index (χ1v) is 13.3. The normalized spacial score (nSPS) is 48.1. The molecule has 0 aromatic heterocycles. The van der Waals surface area contributed by atoms with Gasteiger partial charge in [-0.05, 0) is 63.5 Å². The summed E-state index contributed by atoms with van der Waals surface area (Å²) >= 11 is 0. The molecule has 5 aliphatic carbocycles. The molecular formula is C28H35FO7. The number of hydrogen-bond acceptors (Lipinski definition) is 7. The quantitative estimate of drug-likeness (QED) is 0.590. The average molecular weight is 503 g/mol. The first-order chi connectivity index (χ1) is 16.9. The molecule has 7 nitrogen and oxygen atoms in total. The molecule has 1 saturated heterocycles. The van der Waals surface area contributed by atoms with Crippen LogP contribution in [0.3, 0.4) is 0 Å². The molecule has 8 heteroatoms. The molecule has 0 aromatic carbocycles. The van der Waals surface area contributed by atoms with E-state index in [0.29, 0.717) is 37.7 Å². The Bertz CT molecular complexity index is 1090. The first kappa shape index (κ1) is 24.4. The number of rotatable bonds is 3. The van der Waals surface area contributed by atoms with Gasteiger partial charge in [-0.2, -0.15) is 0 Å². The van der Waals surface area contributed by atoms with Crippen LogP contribution in [-0.4, -0.2) is 58.5 Å². The number of ketones is 2. The summed E-state index contributed by atoms with van der Waals surface area (Å²) < 4.78 is 35.8. The summed E-state index contributed by atoms with van der Waals surface area (Å²) in [5, 5.41) is 11.6. The van der Waals surface area contributed by atoms with Crippen LogP contribution in [0.2, 0.25) is 0 Å². The molecule has 1 aliphatic heterocycles. The highest BCUT2D eigenvalue weighted by molar-refractivity contribution is 6.01. The van der Waals surface area contributed by atoms with Crippen molar-refractivity contribution in [2.75, 3.05) is 6.61 Å². The van der Waals surface area contributed by atoms with Crippen LogP contribution in [-0.2, 0) is 28.6 Å². The Balaban J connectivity index is 1.44. The smallest absolute Gasteiger partial charge is 0.303 e. The third-order valence-corrected chi connectivity index (χ3v) is 10.7. The number of aliphatic hydroxyl groups is 1. The second-order valence-corrected chi connectivity index (χ2v) is 12.3. The molecule has 2 unspecified atom stereocenters. The Labute approximate surface area is 210 Å². The van der Waals surface area contributed by atoms with Crippen LogP contribution in [0.15, 0.2) is 23.8 Å². The maximum Gasteiger partial charge on any atom is 0.303 e. The van der Waals surface area contributed by atoms with E-state index >= 15 is 4.39 Å². The maximum absolute atomic E-state index is 17.4. The van der Waals surface area contributed by atoms with Crippen LogP contribution in [0.1, 0.15) is 72.1 Å². The second kappa shape index (κ2) is 7.58. The Hall–Kier alpha value is -1.90. The van der Waals surface area contributed by atoms with E-state index in [1.807, 2.05) is 6.92 Å². The number of halogens is 1. The van der Waals surface area contributed by atoms with Crippen LogP contribution >= 0.6 is 0 Å². The highest BCUT2D eigenvalue weighted by Crippen LogP contribution is 2.73. The van der Waals surface area contributed by atoms with Gasteiger partial charge in [-0.15, -0.1) is 0 Å². The van der Waals surface area contributed by atoms with Crippen molar-refractivity contribution < 1.29 is 38.1 Å². The molecular weight excluding hydrogens is 467 g/mol. The summed E-state index contributed by atoms with van der Waals surface area (Å²) in [4.78, 5) is 37.5. The maximum atomic E-state index is 17.4. The van der Waals surface area contributed by atoms with Crippen LogP contribution < -0.4 is 0 Å². The molecule has 8 atom stereocenters. The predicted octanol–water partition coefficient (Wildman–Crippen LogP) is 3.52. The molecule has 196 valence electrons. The predicted molar refractivity (Wildman–Crippen MR) is 125 cm³/mol. The van der Waals surface area contributed by atoms with Gasteiger partial charge in [0.05, 0.1) is 12.2 Å². The first-order valence-electron chi connectivity index (χ1n) is 13.3. The van der Waals surface area contributed by atoms with Crippen molar-refractivity contribution in [3.63, 3.8) is 0 Å². The fourth-order valence-corrected chi connectivity index (χ4v) is 9.04. The van der Waals surface area contributed by atoms with E-state index in [2.05, 4.69) is 0 Å². The SMILES string of the molecule is CC(=O)OCC(=O)[C@@]12OC3(CCCC3)O[C@@H]1CC1C3CCC4=CC(=O)C=C[C@]4(C)[C@@]3(F)[C@@H](O)C[C@@]12C. The molecule has 6 rings (SSSR count). The lowest BCUT2D eigenvalue weighted by Gasteiger charge is -2.62. The number of hydrogen-bond donors (Lipinski definition) is 1. The Morgan fingerprint density at radius 1 is 1.22 bits per heavy atom. The third-order valence-electron chi connectivity index (χ3n) is 10.7. The molecule has 36 heavy (non-hydrogen) atoms. The van der Waals surface area contributed by atoms with Gasteiger partial charge < -0.3 is 19.3 Å². The lowest BCUT2D eigenvalue weighted by Crippen LogP contribution is -2.70. The van der Waals surface area contributed by atoms with E-state index < -0.39 is 58.6 Å². The summed E-state index contributed by atoms with van der Waals surface area (Å²) in [6.45, 7) is 4.52.